The van der Waals surface area contributed by atoms with Crippen molar-refractivity contribution in [3.05, 3.63) is 22.9 Å². The third-order valence-corrected chi connectivity index (χ3v) is 2.02. The van der Waals surface area contributed by atoms with E-state index in [1.54, 1.807) is 0 Å². The van der Waals surface area contributed by atoms with Gasteiger partial charge in [0.05, 0.1) is 6.20 Å². The summed E-state index contributed by atoms with van der Waals surface area (Å²) in [6.07, 6.45) is -14.2. The number of pyridine rings is 1. The van der Waals surface area contributed by atoms with Gasteiger partial charge < -0.3 is 4.74 Å². The molecule has 0 spiro atoms. The molecule has 0 amide bonds. The van der Waals surface area contributed by atoms with Gasteiger partial charge in [0, 0.05) is 0 Å². The molecule has 0 saturated heterocycles. The van der Waals surface area contributed by atoms with Crippen molar-refractivity contribution in [3.8, 4) is 5.75 Å². The van der Waals surface area contributed by atoms with Gasteiger partial charge in [0.15, 0.2) is 0 Å². The zero-order valence-electron chi connectivity index (χ0n) is 7.81. The average molecular weight is 324 g/mol. The normalized spacial score (nSPS) is 12.9. The number of ether oxygens (including phenoxy) is 1. The monoisotopic (exact) mass is 323 g/mol. The number of nitrogens with zero attached hydrogens (tertiary/aromatic N) is 1. The summed E-state index contributed by atoms with van der Waals surface area (Å²) >= 11 is 2.88. The Bertz CT molecular complexity index is 359. The molecule has 96 valence electrons. The lowest BCUT2D eigenvalue weighted by Gasteiger charge is -2.23. The zero-order valence-corrected chi connectivity index (χ0v) is 9.40. The van der Waals surface area contributed by atoms with Gasteiger partial charge >= 0.3 is 12.4 Å². The molecule has 17 heavy (non-hydrogen) atoms. The lowest BCUT2D eigenvalue weighted by atomic mass is 10.3. The van der Waals surface area contributed by atoms with Gasteiger partial charge in [0.25, 0.3) is 6.10 Å². The summed E-state index contributed by atoms with van der Waals surface area (Å²) in [7, 11) is 0. The predicted molar refractivity (Wildman–Crippen MR) is 48.5 cm³/mol. The van der Waals surface area contributed by atoms with Crippen LogP contribution in [0.5, 0.6) is 5.75 Å². The molecule has 1 rings (SSSR count). The summed E-state index contributed by atoms with van der Waals surface area (Å²) in [6, 6.07) is 2.11. The minimum Gasteiger partial charge on any atom is -0.470 e. The molecule has 0 aromatic carbocycles. The van der Waals surface area contributed by atoms with E-state index in [-0.39, 0.29) is 4.60 Å². The molecule has 0 fully saturated rings. The molecule has 0 aliphatic carbocycles. The molecule has 0 aliphatic heterocycles. The average Bonchev–Trinajstić information content (AvgIpc) is 2.13. The van der Waals surface area contributed by atoms with Crippen molar-refractivity contribution in [1.82, 2.24) is 4.98 Å². The third kappa shape index (κ3) is 4.06. The largest absolute Gasteiger partial charge is 0.470 e. The van der Waals surface area contributed by atoms with Crippen LogP contribution in [0.4, 0.5) is 26.3 Å². The Hall–Kier alpha value is -0.990. The molecule has 1 aromatic rings. The van der Waals surface area contributed by atoms with Crippen molar-refractivity contribution in [2.24, 2.45) is 0 Å². The fourth-order valence-electron chi connectivity index (χ4n) is 0.887. The molecule has 0 radical (unpaired) electrons. The summed E-state index contributed by atoms with van der Waals surface area (Å²) < 4.78 is 76.8. The van der Waals surface area contributed by atoms with Gasteiger partial charge in [0.2, 0.25) is 0 Å². The highest BCUT2D eigenvalue weighted by Gasteiger charge is 2.59. The van der Waals surface area contributed by atoms with Crippen LogP contribution in [0.25, 0.3) is 0 Å². The molecule has 0 unspecified atom stereocenters. The fraction of sp³-hybridized carbons (Fsp3) is 0.375. The Morgan fingerprint density at radius 2 is 1.59 bits per heavy atom. The smallest absolute Gasteiger partial charge is 0.434 e. The highest BCUT2D eigenvalue weighted by Crippen LogP contribution is 2.36. The number of hydrogen-bond acceptors (Lipinski definition) is 2. The van der Waals surface area contributed by atoms with Gasteiger partial charge in [-0.1, -0.05) is 0 Å². The van der Waals surface area contributed by atoms with E-state index in [0.717, 1.165) is 12.3 Å². The number of aromatic nitrogens is 1. The van der Waals surface area contributed by atoms with Crippen LogP contribution in [0.1, 0.15) is 0 Å². The zero-order chi connectivity index (χ0) is 13.3. The van der Waals surface area contributed by atoms with Crippen LogP contribution in [0, 0.1) is 0 Å². The van der Waals surface area contributed by atoms with Gasteiger partial charge in [-0.2, -0.15) is 26.3 Å². The molecule has 0 atom stereocenters. The van der Waals surface area contributed by atoms with Crippen molar-refractivity contribution in [2.45, 2.75) is 18.5 Å². The van der Waals surface area contributed by atoms with E-state index >= 15 is 0 Å². The maximum Gasteiger partial charge on any atom is 0.434 e. The highest BCUT2D eigenvalue weighted by atomic mass is 79.9. The number of halogens is 7. The first-order valence-electron chi connectivity index (χ1n) is 4.02. The lowest BCUT2D eigenvalue weighted by molar-refractivity contribution is -0.299. The van der Waals surface area contributed by atoms with E-state index in [2.05, 4.69) is 25.7 Å². The third-order valence-electron chi connectivity index (χ3n) is 1.55. The standard InChI is InChI=1S/C8H4BrF6NO/c9-5-2-1-4(3-16-5)17-6(7(10,11)12)8(13,14)15/h1-3,6H. The molecule has 9 heteroatoms. The topological polar surface area (TPSA) is 22.1 Å². The van der Waals surface area contributed by atoms with Gasteiger partial charge in [-0.05, 0) is 28.1 Å². The maximum atomic E-state index is 12.1. The first-order valence-corrected chi connectivity index (χ1v) is 4.81. The summed E-state index contributed by atoms with van der Waals surface area (Å²) in [5.41, 5.74) is 0. The van der Waals surface area contributed by atoms with Crippen LogP contribution in [0.3, 0.4) is 0 Å². The van der Waals surface area contributed by atoms with E-state index < -0.39 is 24.2 Å². The molecule has 0 N–H and O–H groups in total. The van der Waals surface area contributed by atoms with E-state index in [4.69, 9.17) is 0 Å². The highest BCUT2D eigenvalue weighted by molar-refractivity contribution is 9.10. The lowest BCUT2D eigenvalue weighted by Crippen LogP contribution is -2.46. The summed E-state index contributed by atoms with van der Waals surface area (Å²) in [4.78, 5) is 3.45. The Kier molecular flexibility index (Phi) is 3.90. The molecule has 1 heterocycles. The molecule has 1 aromatic heterocycles. The van der Waals surface area contributed by atoms with Crippen molar-refractivity contribution in [2.75, 3.05) is 0 Å². The van der Waals surface area contributed by atoms with Gasteiger partial charge in [-0.3, -0.25) is 0 Å². The summed E-state index contributed by atoms with van der Waals surface area (Å²) in [5.74, 6) is -0.618. The summed E-state index contributed by atoms with van der Waals surface area (Å²) in [5, 5.41) is 0. The molecular formula is C8H4BrF6NO. The van der Waals surface area contributed by atoms with Crippen molar-refractivity contribution >= 4 is 15.9 Å². The second kappa shape index (κ2) is 4.71. The minimum absolute atomic E-state index is 0.264. The van der Waals surface area contributed by atoms with E-state index in [9.17, 15) is 26.3 Å². The first-order chi connectivity index (χ1) is 7.60. The van der Waals surface area contributed by atoms with E-state index in [1.165, 1.54) is 6.07 Å². The van der Waals surface area contributed by atoms with E-state index in [1.807, 2.05) is 0 Å². The van der Waals surface area contributed by atoms with Crippen LogP contribution < -0.4 is 4.74 Å². The minimum atomic E-state index is -5.54. The maximum absolute atomic E-state index is 12.1. The van der Waals surface area contributed by atoms with Crippen LogP contribution >= 0.6 is 15.9 Å². The Labute approximate surface area is 99.7 Å². The molecular weight excluding hydrogens is 320 g/mol. The molecule has 2 nitrogen and oxygen atoms in total. The Morgan fingerprint density at radius 3 is 1.94 bits per heavy atom. The van der Waals surface area contributed by atoms with Crippen LogP contribution in [0.2, 0.25) is 0 Å². The number of hydrogen-bond donors (Lipinski definition) is 0. The van der Waals surface area contributed by atoms with Crippen molar-refractivity contribution in [3.63, 3.8) is 0 Å². The number of rotatable bonds is 2. The van der Waals surface area contributed by atoms with Crippen LogP contribution in [0.15, 0.2) is 22.9 Å². The predicted octanol–water partition coefficient (Wildman–Crippen LogP) is 3.72. The van der Waals surface area contributed by atoms with Crippen LogP contribution in [-0.2, 0) is 0 Å². The molecule has 0 bridgehead atoms. The van der Waals surface area contributed by atoms with Crippen LogP contribution in [-0.4, -0.2) is 23.4 Å². The van der Waals surface area contributed by atoms with Crippen molar-refractivity contribution < 1.29 is 31.1 Å². The molecule has 0 aliphatic rings. The molecule has 0 saturated carbocycles. The second-order valence-corrected chi connectivity index (χ2v) is 3.71. The second-order valence-electron chi connectivity index (χ2n) is 2.90. The van der Waals surface area contributed by atoms with Gasteiger partial charge in [0.1, 0.15) is 10.4 Å². The summed E-state index contributed by atoms with van der Waals surface area (Å²) in [6.45, 7) is 0. The van der Waals surface area contributed by atoms with Gasteiger partial charge in [-0.25, -0.2) is 4.98 Å². The van der Waals surface area contributed by atoms with E-state index in [0.29, 0.717) is 0 Å². The quantitative estimate of drug-likeness (QED) is 0.611. The SMILES string of the molecule is FC(F)(F)C(Oc1ccc(Br)nc1)C(F)(F)F. The fourth-order valence-corrected chi connectivity index (χ4v) is 1.12. The Balaban J connectivity index is 2.92. The Morgan fingerprint density at radius 1 is 1.06 bits per heavy atom. The number of alkyl halides is 6. The van der Waals surface area contributed by atoms with Gasteiger partial charge in [-0.15, -0.1) is 0 Å². The first kappa shape index (κ1) is 14.1. The van der Waals surface area contributed by atoms with Crippen molar-refractivity contribution in [1.29, 1.82) is 0 Å².